The highest BCUT2D eigenvalue weighted by Gasteiger charge is 2.22. The number of carbonyl (C=O) groups is 3. The first-order valence-corrected chi connectivity index (χ1v) is 7.55. The molecule has 0 fully saturated rings. The SMILES string of the molecule is CCCCC(NC(=O)c1cccc(OC(C)=O)c1OC(C)=O)ON. The van der Waals surface area contributed by atoms with Crippen molar-refractivity contribution in [2.45, 2.75) is 46.3 Å². The van der Waals surface area contributed by atoms with Gasteiger partial charge in [0, 0.05) is 13.8 Å². The van der Waals surface area contributed by atoms with Crippen molar-refractivity contribution in [3.63, 3.8) is 0 Å². The van der Waals surface area contributed by atoms with Crippen LogP contribution in [0.3, 0.4) is 0 Å². The lowest BCUT2D eigenvalue weighted by molar-refractivity contribution is -0.134. The maximum atomic E-state index is 12.4. The molecule has 24 heavy (non-hydrogen) atoms. The number of ether oxygens (including phenoxy) is 2. The number of benzene rings is 1. The molecule has 0 saturated heterocycles. The second kappa shape index (κ2) is 9.64. The third-order valence-corrected chi connectivity index (χ3v) is 3.00. The molecule has 1 atom stereocenters. The minimum Gasteiger partial charge on any atom is -0.423 e. The van der Waals surface area contributed by atoms with Gasteiger partial charge in [-0.15, -0.1) is 0 Å². The van der Waals surface area contributed by atoms with E-state index < -0.39 is 24.1 Å². The van der Waals surface area contributed by atoms with Crippen LogP contribution in [0.25, 0.3) is 0 Å². The van der Waals surface area contributed by atoms with Crippen molar-refractivity contribution in [1.29, 1.82) is 0 Å². The molecule has 132 valence electrons. The number of nitrogens with one attached hydrogen (secondary N) is 1. The van der Waals surface area contributed by atoms with Crippen molar-refractivity contribution in [3.05, 3.63) is 23.8 Å². The summed E-state index contributed by atoms with van der Waals surface area (Å²) >= 11 is 0. The van der Waals surface area contributed by atoms with Crippen molar-refractivity contribution in [1.82, 2.24) is 5.32 Å². The van der Waals surface area contributed by atoms with Crippen LogP contribution < -0.4 is 20.7 Å². The highest BCUT2D eigenvalue weighted by atomic mass is 16.6. The zero-order chi connectivity index (χ0) is 18.1. The predicted molar refractivity (Wildman–Crippen MR) is 85.1 cm³/mol. The van der Waals surface area contributed by atoms with Crippen molar-refractivity contribution < 1.29 is 28.7 Å². The molecule has 1 aromatic rings. The second-order valence-corrected chi connectivity index (χ2v) is 5.06. The zero-order valence-corrected chi connectivity index (χ0v) is 14.0. The minimum absolute atomic E-state index is 0.0240. The Balaban J connectivity index is 3.09. The fraction of sp³-hybridized carbons (Fsp3) is 0.438. The zero-order valence-electron chi connectivity index (χ0n) is 14.0. The van der Waals surface area contributed by atoms with Crippen LogP contribution >= 0.6 is 0 Å². The van der Waals surface area contributed by atoms with Crippen molar-refractivity contribution in [2.24, 2.45) is 5.90 Å². The van der Waals surface area contributed by atoms with Crippen LogP contribution in [-0.4, -0.2) is 24.1 Å². The van der Waals surface area contributed by atoms with Crippen LogP contribution in [0.2, 0.25) is 0 Å². The van der Waals surface area contributed by atoms with Crippen LogP contribution in [0.15, 0.2) is 18.2 Å². The van der Waals surface area contributed by atoms with Gasteiger partial charge in [0.2, 0.25) is 0 Å². The quantitative estimate of drug-likeness (QED) is 0.320. The van der Waals surface area contributed by atoms with Gasteiger partial charge in [-0.05, 0) is 25.0 Å². The summed E-state index contributed by atoms with van der Waals surface area (Å²) in [4.78, 5) is 39.7. The molecule has 0 radical (unpaired) electrons. The smallest absolute Gasteiger partial charge is 0.308 e. The van der Waals surface area contributed by atoms with Gasteiger partial charge in [0.1, 0.15) is 0 Å². The van der Waals surface area contributed by atoms with Crippen LogP contribution in [-0.2, 0) is 14.4 Å². The molecule has 1 amide bonds. The standard InChI is InChI=1S/C16H22N2O6/c1-4-5-9-14(24-17)18-16(21)12-7-6-8-13(22-10(2)19)15(12)23-11(3)20/h6-8,14H,4-5,9,17H2,1-3H3,(H,18,21). The normalized spacial score (nSPS) is 11.5. The van der Waals surface area contributed by atoms with E-state index in [2.05, 4.69) is 5.32 Å². The Bertz CT molecular complexity index is 602. The van der Waals surface area contributed by atoms with Crippen LogP contribution in [0.1, 0.15) is 50.4 Å². The summed E-state index contributed by atoms with van der Waals surface area (Å²) in [5.74, 6) is 3.21. The first-order valence-electron chi connectivity index (χ1n) is 7.55. The number of para-hydroxylation sites is 1. The van der Waals surface area contributed by atoms with Gasteiger partial charge in [0.15, 0.2) is 17.7 Å². The number of amides is 1. The Labute approximate surface area is 140 Å². The molecule has 0 aliphatic carbocycles. The van der Waals surface area contributed by atoms with Gasteiger partial charge >= 0.3 is 11.9 Å². The molecule has 8 heteroatoms. The number of unbranched alkanes of at least 4 members (excludes halogenated alkanes) is 1. The van der Waals surface area contributed by atoms with E-state index in [1.807, 2.05) is 6.92 Å². The van der Waals surface area contributed by atoms with Crippen LogP contribution in [0, 0.1) is 0 Å². The number of rotatable bonds is 8. The first-order chi connectivity index (χ1) is 11.4. The molecule has 0 bridgehead atoms. The minimum atomic E-state index is -0.681. The lowest BCUT2D eigenvalue weighted by atomic mass is 10.1. The molecule has 1 rings (SSSR count). The molecule has 0 spiro atoms. The lowest BCUT2D eigenvalue weighted by Gasteiger charge is -2.18. The maximum Gasteiger partial charge on any atom is 0.308 e. The van der Waals surface area contributed by atoms with E-state index in [0.29, 0.717) is 6.42 Å². The van der Waals surface area contributed by atoms with E-state index in [0.717, 1.165) is 12.8 Å². The summed E-state index contributed by atoms with van der Waals surface area (Å²) < 4.78 is 10.0. The molecular formula is C16H22N2O6. The molecule has 3 N–H and O–H groups in total. The highest BCUT2D eigenvalue weighted by Crippen LogP contribution is 2.32. The van der Waals surface area contributed by atoms with Gasteiger partial charge in [-0.3, -0.25) is 19.2 Å². The van der Waals surface area contributed by atoms with E-state index in [1.54, 1.807) is 0 Å². The average Bonchev–Trinajstić information content (AvgIpc) is 2.51. The van der Waals surface area contributed by atoms with Gasteiger partial charge in [-0.1, -0.05) is 19.4 Å². The summed E-state index contributed by atoms with van der Waals surface area (Å²) in [7, 11) is 0. The number of esters is 2. The molecule has 1 aromatic carbocycles. The first kappa shape index (κ1) is 19.6. The fourth-order valence-corrected chi connectivity index (χ4v) is 1.97. The third-order valence-electron chi connectivity index (χ3n) is 3.00. The molecular weight excluding hydrogens is 316 g/mol. The van der Waals surface area contributed by atoms with Gasteiger partial charge in [0.05, 0.1) is 5.56 Å². The van der Waals surface area contributed by atoms with E-state index in [9.17, 15) is 14.4 Å². The molecule has 0 aliphatic rings. The highest BCUT2D eigenvalue weighted by molar-refractivity contribution is 5.99. The Morgan fingerprint density at radius 2 is 1.83 bits per heavy atom. The fourth-order valence-electron chi connectivity index (χ4n) is 1.97. The lowest BCUT2D eigenvalue weighted by Crippen LogP contribution is -2.38. The van der Waals surface area contributed by atoms with Gasteiger partial charge in [-0.25, -0.2) is 5.90 Å². The Morgan fingerprint density at radius 3 is 2.38 bits per heavy atom. The molecule has 8 nitrogen and oxygen atoms in total. The summed E-state index contributed by atoms with van der Waals surface area (Å²) in [5, 5.41) is 2.59. The summed E-state index contributed by atoms with van der Waals surface area (Å²) in [6.07, 6.45) is 1.58. The largest absolute Gasteiger partial charge is 0.423 e. The van der Waals surface area contributed by atoms with Crippen molar-refractivity contribution in [2.75, 3.05) is 0 Å². The molecule has 0 aromatic heterocycles. The predicted octanol–water partition coefficient (Wildman–Crippen LogP) is 1.67. The molecule has 0 heterocycles. The summed E-state index contributed by atoms with van der Waals surface area (Å²) in [6, 6.07) is 4.36. The number of hydrogen-bond acceptors (Lipinski definition) is 7. The topological polar surface area (TPSA) is 117 Å². The maximum absolute atomic E-state index is 12.4. The van der Waals surface area contributed by atoms with E-state index >= 15 is 0 Å². The van der Waals surface area contributed by atoms with Crippen molar-refractivity contribution in [3.8, 4) is 11.5 Å². The Morgan fingerprint density at radius 1 is 1.17 bits per heavy atom. The van der Waals surface area contributed by atoms with Crippen LogP contribution in [0.4, 0.5) is 0 Å². The second-order valence-electron chi connectivity index (χ2n) is 5.06. The van der Waals surface area contributed by atoms with E-state index in [4.69, 9.17) is 20.2 Å². The van der Waals surface area contributed by atoms with E-state index in [1.165, 1.54) is 32.0 Å². The summed E-state index contributed by atoms with van der Waals surface area (Å²) in [6.45, 7) is 4.38. The van der Waals surface area contributed by atoms with Gasteiger partial charge in [-0.2, -0.15) is 0 Å². The average molecular weight is 338 g/mol. The van der Waals surface area contributed by atoms with Gasteiger partial charge in [0.25, 0.3) is 5.91 Å². The molecule has 0 aliphatic heterocycles. The van der Waals surface area contributed by atoms with Crippen molar-refractivity contribution >= 4 is 17.8 Å². The van der Waals surface area contributed by atoms with E-state index in [-0.39, 0.29) is 17.1 Å². The monoisotopic (exact) mass is 338 g/mol. The Hall–Kier alpha value is -2.45. The van der Waals surface area contributed by atoms with Crippen LogP contribution in [0.5, 0.6) is 11.5 Å². The molecule has 1 unspecified atom stereocenters. The molecule has 0 saturated carbocycles. The third kappa shape index (κ3) is 5.98. The number of carbonyl (C=O) groups excluding carboxylic acids is 3. The Kier molecular flexibility index (Phi) is 7.87. The number of nitrogens with two attached hydrogens (primary N) is 1. The number of hydrogen-bond donors (Lipinski definition) is 2. The summed E-state index contributed by atoms with van der Waals surface area (Å²) in [5.41, 5.74) is 0.0301. The van der Waals surface area contributed by atoms with Gasteiger partial charge < -0.3 is 14.8 Å².